The van der Waals surface area contributed by atoms with Crippen LogP contribution in [0.1, 0.15) is 31.2 Å². The van der Waals surface area contributed by atoms with Crippen LogP contribution in [0.25, 0.3) is 0 Å². The summed E-state index contributed by atoms with van der Waals surface area (Å²) in [6.07, 6.45) is 4.62. The SMILES string of the molecule is NNc1c(CN(CCO)C2CCCC2)cccc1[N+](=O)[O-]. The van der Waals surface area contributed by atoms with Gasteiger partial charge in [0.15, 0.2) is 0 Å². The van der Waals surface area contributed by atoms with Crippen LogP contribution in [-0.2, 0) is 6.54 Å². The molecule has 7 nitrogen and oxygen atoms in total. The Hall–Kier alpha value is -1.70. The van der Waals surface area contributed by atoms with Gasteiger partial charge in [-0.25, -0.2) is 0 Å². The van der Waals surface area contributed by atoms with Gasteiger partial charge in [0.2, 0.25) is 0 Å². The van der Waals surface area contributed by atoms with Gasteiger partial charge < -0.3 is 10.5 Å². The van der Waals surface area contributed by atoms with E-state index in [0.29, 0.717) is 24.8 Å². The minimum atomic E-state index is -0.440. The molecule has 4 N–H and O–H groups in total. The molecule has 0 radical (unpaired) electrons. The predicted octanol–water partition coefficient (Wildman–Crippen LogP) is 1.62. The van der Waals surface area contributed by atoms with Crippen molar-refractivity contribution in [2.24, 2.45) is 5.84 Å². The Bertz CT molecular complexity index is 489. The molecule has 1 saturated carbocycles. The van der Waals surface area contributed by atoms with E-state index in [1.54, 1.807) is 6.07 Å². The minimum Gasteiger partial charge on any atom is -0.395 e. The molecule has 1 aliphatic rings. The van der Waals surface area contributed by atoms with Gasteiger partial charge in [0.25, 0.3) is 5.69 Å². The summed E-state index contributed by atoms with van der Waals surface area (Å²) in [4.78, 5) is 12.8. The highest BCUT2D eigenvalue weighted by Gasteiger charge is 2.24. The van der Waals surface area contributed by atoms with E-state index in [-0.39, 0.29) is 12.3 Å². The first-order valence-corrected chi connectivity index (χ1v) is 7.25. The largest absolute Gasteiger partial charge is 0.395 e. The fraction of sp³-hybridized carbons (Fsp3) is 0.571. The van der Waals surface area contributed by atoms with Gasteiger partial charge in [-0.2, -0.15) is 0 Å². The van der Waals surface area contributed by atoms with Crippen molar-refractivity contribution in [2.45, 2.75) is 38.3 Å². The van der Waals surface area contributed by atoms with Crippen LogP contribution in [0.3, 0.4) is 0 Å². The smallest absolute Gasteiger partial charge is 0.293 e. The molecule has 0 amide bonds. The summed E-state index contributed by atoms with van der Waals surface area (Å²) in [5.74, 6) is 5.47. The van der Waals surface area contributed by atoms with Crippen LogP contribution < -0.4 is 11.3 Å². The van der Waals surface area contributed by atoms with Gasteiger partial charge in [0.1, 0.15) is 5.69 Å². The van der Waals surface area contributed by atoms with Gasteiger partial charge >= 0.3 is 0 Å². The van der Waals surface area contributed by atoms with E-state index in [0.717, 1.165) is 18.4 Å². The summed E-state index contributed by atoms with van der Waals surface area (Å²) in [6, 6.07) is 5.37. The molecule has 1 fully saturated rings. The number of benzene rings is 1. The van der Waals surface area contributed by atoms with Crippen molar-refractivity contribution in [3.63, 3.8) is 0 Å². The number of hydrazine groups is 1. The lowest BCUT2D eigenvalue weighted by atomic mass is 10.1. The molecule has 0 bridgehead atoms. The number of nitrogens with one attached hydrogen (secondary N) is 1. The number of nitro groups is 1. The van der Waals surface area contributed by atoms with Crippen LogP contribution in [0.2, 0.25) is 0 Å². The summed E-state index contributed by atoms with van der Waals surface area (Å²) in [6.45, 7) is 1.20. The number of anilines is 1. The number of nitro benzene ring substituents is 1. The number of nitrogen functional groups attached to an aromatic ring is 1. The maximum absolute atomic E-state index is 11.1. The number of aliphatic hydroxyl groups excluding tert-OH is 1. The normalized spacial score (nSPS) is 15.6. The topological polar surface area (TPSA) is 105 Å². The van der Waals surface area contributed by atoms with Crippen LogP contribution in [0, 0.1) is 10.1 Å². The van der Waals surface area contributed by atoms with E-state index in [1.807, 2.05) is 6.07 Å². The highest BCUT2D eigenvalue weighted by Crippen LogP contribution is 2.30. The van der Waals surface area contributed by atoms with Gasteiger partial charge in [-0.3, -0.25) is 20.9 Å². The highest BCUT2D eigenvalue weighted by atomic mass is 16.6. The predicted molar refractivity (Wildman–Crippen MR) is 80.7 cm³/mol. The molecule has 0 atom stereocenters. The summed E-state index contributed by atoms with van der Waals surface area (Å²) in [7, 11) is 0. The van der Waals surface area contributed by atoms with Crippen molar-refractivity contribution in [1.29, 1.82) is 0 Å². The Morgan fingerprint density at radius 2 is 2.14 bits per heavy atom. The minimum absolute atomic E-state index is 0.0228. The first-order chi connectivity index (χ1) is 10.2. The number of hydrogen-bond acceptors (Lipinski definition) is 6. The monoisotopic (exact) mass is 294 g/mol. The number of para-hydroxylation sites is 1. The van der Waals surface area contributed by atoms with Gasteiger partial charge in [0, 0.05) is 25.2 Å². The highest BCUT2D eigenvalue weighted by molar-refractivity contribution is 5.65. The van der Waals surface area contributed by atoms with Crippen LogP contribution in [-0.4, -0.2) is 34.1 Å². The summed E-state index contributed by atoms with van der Waals surface area (Å²) in [5.41, 5.74) is 3.56. The molecule has 2 rings (SSSR count). The summed E-state index contributed by atoms with van der Waals surface area (Å²) >= 11 is 0. The van der Waals surface area contributed by atoms with Gasteiger partial charge in [-0.15, -0.1) is 0 Å². The van der Waals surface area contributed by atoms with Crippen LogP contribution >= 0.6 is 0 Å². The standard InChI is InChI=1S/C14H22N4O3/c15-16-14-11(4-3-7-13(14)18(20)21)10-17(8-9-19)12-5-1-2-6-12/h3-4,7,12,16,19H,1-2,5-6,8-10,15H2. The van der Waals surface area contributed by atoms with E-state index in [1.165, 1.54) is 18.9 Å². The van der Waals surface area contributed by atoms with Crippen molar-refractivity contribution in [3.05, 3.63) is 33.9 Å². The van der Waals surface area contributed by atoms with Crippen LogP contribution in [0.15, 0.2) is 18.2 Å². The molecule has 0 spiro atoms. The van der Waals surface area contributed by atoms with E-state index in [2.05, 4.69) is 10.3 Å². The molecular formula is C14H22N4O3. The molecule has 7 heteroatoms. The lowest BCUT2D eigenvalue weighted by molar-refractivity contribution is -0.384. The second kappa shape index (κ2) is 7.35. The Morgan fingerprint density at radius 3 is 2.71 bits per heavy atom. The third-order valence-corrected chi connectivity index (χ3v) is 4.07. The Balaban J connectivity index is 2.23. The number of hydrogen-bond donors (Lipinski definition) is 3. The van der Waals surface area contributed by atoms with Crippen molar-refractivity contribution in [2.75, 3.05) is 18.6 Å². The zero-order valence-corrected chi connectivity index (χ0v) is 12.0. The third kappa shape index (κ3) is 3.69. The number of nitrogens with zero attached hydrogens (tertiary/aromatic N) is 2. The molecule has 0 aliphatic heterocycles. The van der Waals surface area contributed by atoms with E-state index < -0.39 is 4.92 Å². The Kier molecular flexibility index (Phi) is 5.49. The molecule has 21 heavy (non-hydrogen) atoms. The van der Waals surface area contributed by atoms with Crippen molar-refractivity contribution in [1.82, 2.24) is 4.90 Å². The molecule has 0 aromatic heterocycles. The lowest BCUT2D eigenvalue weighted by Crippen LogP contribution is -2.35. The molecule has 0 saturated heterocycles. The van der Waals surface area contributed by atoms with Gasteiger partial charge in [-0.05, 0) is 18.4 Å². The fourth-order valence-electron chi connectivity index (χ4n) is 3.04. The fourth-order valence-corrected chi connectivity index (χ4v) is 3.04. The van der Waals surface area contributed by atoms with Crippen molar-refractivity contribution < 1.29 is 10.0 Å². The summed E-state index contributed by atoms with van der Waals surface area (Å²) in [5, 5.41) is 20.3. The van der Waals surface area contributed by atoms with Crippen LogP contribution in [0.4, 0.5) is 11.4 Å². The van der Waals surface area contributed by atoms with Gasteiger partial charge in [-0.1, -0.05) is 25.0 Å². The zero-order chi connectivity index (χ0) is 15.2. The lowest BCUT2D eigenvalue weighted by Gasteiger charge is -2.28. The quantitative estimate of drug-likeness (QED) is 0.401. The van der Waals surface area contributed by atoms with Gasteiger partial charge in [0.05, 0.1) is 11.5 Å². The van der Waals surface area contributed by atoms with E-state index >= 15 is 0 Å². The van der Waals surface area contributed by atoms with Crippen LogP contribution in [0.5, 0.6) is 0 Å². The molecule has 0 unspecified atom stereocenters. The first-order valence-electron chi connectivity index (χ1n) is 7.25. The molecule has 0 heterocycles. The van der Waals surface area contributed by atoms with E-state index in [9.17, 15) is 15.2 Å². The third-order valence-electron chi connectivity index (χ3n) is 4.07. The second-order valence-electron chi connectivity index (χ2n) is 5.35. The molecule has 1 aromatic rings. The molecule has 116 valence electrons. The second-order valence-corrected chi connectivity index (χ2v) is 5.35. The van der Waals surface area contributed by atoms with Crippen molar-refractivity contribution >= 4 is 11.4 Å². The number of rotatable bonds is 7. The number of nitrogens with two attached hydrogens (primary N) is 1. The zero-order valence-electron chi connectivity index (χ0n) is 12.0. The number of aliphatic hydroxyl groups is 1. The maximum Gasteiger partial charge on any atom is 0.293 e. The average molecular weight is 294 g/mol. The molecular weight excluding hydrogens is 272 g/mol. The Morgan fingerprint density at radius 1 is 1.43 bits per heavy atom. The van der Waals surface area contributed by atoms with E-state index in [4.69, 9.17) is 5.84 Å². The average Bonchev–Trinajstić information content (AvgIpc) is 3.00. The molecule has 1 aromatic carbocycles. The van der Waals surface area contributed by atoms with Crippen molar-refractivity contribution in [3.8, 4) is 0 Å². The summed E-state index contributed by atoms with van der Waals surface area (Å²) < 4.78 is 0. The maximum atomic E-state index is 11.1. The first kappa shape index (κ1) is 15.7. The Labute approximate surface area is 123 Å². The molecule has 1 aliphatic carbocycles.